The lowest BCUT2D eigenvalue weighted by molar-refractivity contribution is 0.0981. The topological polar surface area (TPSA) is 38.8 Å². The van der Waals surface area contributed by atoms with E-state index in [2.05, 4.69) is 4.90 Å². The Labute approximate surface area is 126 Å². The Balaban J connectivity index is 1.84. The third-order valence-corrected chi connectivity index (χ3v) is 4.03. The maximum absolute atomic E-state index is 12.2. The molecule has 4 nitrogen and oxygen atoms in total. The quantitative estimate of drug-likeness (QED) is 0.803. The van der Waals surface area contributed by atoms with E-state index < -0.39 is 0 Å². The van der Waals surface area contributed by atoms with Crippen LogP contribution in [0.2, 0.25) is 5.02 Å². The fourth-order valence-electron chi connectivity index (χ4n) is 2.74. The van der Waals surface area contributed by atoms with Crippen LogP contribution >= 0.6 is 11.6 Å². The first-order chi connectivity index (χ1) is 10.2. The number of Topliss-reactive ketones (excluding diaryl/α,β-unsaturated/α-hetero) is 1. The van der Waals surface area contributed by atoms with Crippen molar-refractivity contribution in [1.82, 2.24) is 0 Å². The standard InChI is InChI=1S/C16H12ClNO3/c17-10-1-3-11(4-2-10)18-6-5-14(19)12-7-15-16(8-13(12)18)21-9-20-15/h1-4,7-8H,5-6,9H2. The summed E-state index contributed by atoms with van der Waals surface area (Å²) in [7, 11) is 0. The monoisotopic (exact) mass is 301 g/mol. The van der Waals surface area contributed by atoms with Crippen LogP contribution in [0.15, 0.2) is 36.4 Å². The lowest BCUT2D eigenvalue weighted by atomic mass is 9.99. The average molecular weight is 302 g/mol. The number of nitrogens with zero attached hydrogens (tertiary/aromatic N) is 1. The van der Waals surface area contributed by atoms with E-state index in [0.29, 0.717) is 35.1 Å². The van der Waals surface area contributed by atoms with Crippen LogP contribution in [0.1, 0.15) is 16.8 Å². The van der Waals surface area contributed by atoms with Crippen molar-refractivity contribution < 1.29 is 14.3 Å². The van der Waals surface area contributed by atoms with Gasteiger partial charge in [0.15, 0.2) is 17.3 Å². The molecular weight excluding hydrogens is 290 g/mol. The molecule has 21 heavy (non-hydrogen) atoms. The molecule has 4 rings (SSSR count). The van der Waals surface area contributed by atoms with E-state index in [1.807, 2.05) is 30.3 Å². The van der Waals surface area contributed by atoms with Crippen molar-refractivity contribution in [1.29, 1.82) is 0 Å². The molecule has 0 amide bonds. The highest BCUT2D eigenvalue weighted by Crippen LogP contribution is 2.42. The summed E-state index contributed by atoms with van der Waals surface area (Å²) in [6.45, 7) is 0.848. The predicted molar refractivity (Wildman–Crippen MR) is 80.0 cm³/mol. The first-order valence-electron chi connectivity index (χ1n) is 6.72. The minimum Gasteiger partial charge on any atom is -0.454 e. The molecule has 2 aromatic rings. The van der Waals surface area contributed by atoms with Gasteiger partial charge in [0, 0.05) is 35.3 Å². The molecule has 0 radical (unpaired) electrons. The molecule has 0 saturated heterocycles. The van der Waals surface area contributed by atoms with Gasteiger partial charge in [0.25, 0.3) is 0 Å². The lowest BCUT2D eigenvalue weighted by Crippen LogP contribution is -2.27. The van der Waals surface area contributed by atoms with Crippen molar-refractivity contribution in [2.45, 2.75) is 6.42 Å². The zero-order valence-corrected chi connectivity index (χ0v) is 11.9. The number of carbonyl (C=O) groups excluding carboxylic acids is 1. The van der Waals surface area contributed by atoms with Crippen molar-refractivity contribution in [3.63, 3.8) is 0 Å². The maximum Gasteiger partial charge on any atom is 0.231 e. The fraction of sp³-hybridized carbons (Fsp3) is 0.188. The molecule has 0 N–H and O–H groups in total. The Morgan fingerprint density at radius 2 is 1.76 bits per heavy atom. The van der Waals surface area contributed by atoms with E-state index in [9.17, 15) is 4.79 Å². The molecule has 2 aliphatic rings. The van der Waals surface area contributed by atoms with E-state index in [4.69, 9.17) is 21.1 Å². The number of carbonyl (C=O) groups is 1. The van der Waals surface area contributed by atoms with E-state index in [1.54, 1.807) is 6.07 Å². The van der Waals surface area contributed by atoms with Gasteiger partial charge in [0.2, 0.25) is 6.79 Å². The number of benzene rings is 2. The van der Waals surface area contributed by atoms with Crippen molar-refractivity contribution >= 4 is 28.8 Å². The summed E-state index contributed by atoms with van der Waals surface area (Å²) in [5.74, 6) is 1.45. The Bertz CT molecular complexity index is 727. The number of ketones is 1. The Kier molecular flexibility index (Phi) is 2.79. The van der Waals surface area contributed by atoms with E-state index in [-0.39, 0.29) is 12.6 Å². The lowest BCUT2D eigenvalue weighted by Gasteiger charge is -2.30. The van der Waals surface area contributed by atoms with Crippen molar-refractivity contribution in [3.05, 3.63) is 47.0 Å². The second kappa shape index (κ2) is 4.67. The first kappa shape index (κ1) is 12.5. The Morgan fingerprint density at radius 1 is 1.05 bits per heavy atom. The number of hydrogen-bond acceptors (Lipinski definition) is 4. The number of anilines is 2. The molecule has 0 spiro atoms. The molecule has 0 unspecified atom stereocenters. The van der Waals surface area contributed by atoms with E-state index in [0.717, 1.165) is 11.4 Å². The predicted octanol–water partition coefficient (Wildman–Crippen LogP) is 3.79. The third kappa shape index (κ3) is 2.03. The highest BCUT2D eigenvalue weighted by Gasteiger charge is 2.28. The van der Waals surface area contributed by atoms with Crippen molar-refractivity contribution in [3.8, 4) is 11.5 Å². The van der Waals surface area contributed by atoms with E-state index in [1.165, 1.54) is 0 Å². The molecule has 2 heterocycles. The summed E-state index contributed by atoms with van der Waals surface area (Å²) in [4.78, 5) is 14.3. The van der Waals surface area contributed by atoms with Gasteiger partial charge in [-0.2, -0.15) is 0 Å². The molecule has 0 bridgehead atoms. The Morgan fingerprint density at radius 3 is 2.52 bits per heavy atom. The molecule has 0 fully saturated rings. The van der Waals surface area contributed by atoms with Crippen LogP contribution in [-0.4, -0.2) is 19.1 Å². The number of rotatable bonds is 1. The molecule has 2 aromatic carbocycles. The minimum atomic E-state index is 0.133. The second-order valence-electron chi connectivity index (χ2n) is 5.02. The van der Waals surface area contributed by atoms with Crippen LogP contribution < -0.4 is 14.4 Å². The normalized spacial score (nSPS) is 16.0. The van der Waals surface area contributed by atoms with Gasteiger partial charge >= 0.3 is 0 Å². The maximum atomic E-state index is 12.2. The molecule has 0 atom stereocenters. The first-order valence-corrected chi connectivity index (χ1v) is 7.10. The van der Waals surface area contributed by atoms with Crippen LogP contribution in [-0.2, 0) is 0 Å². The highest BCUT2D eigenvalue weighted by molar-refractivity contribution is 6.30. The average Bonchev–Trinajstić information content (AvgIpc) is 2.95. The zero-order valence-electron chi connectivity index (χ0n) is 11.1. The van der Waals surface area contributed by atoms with Gasteiger partial charge in [0.05, 0.1) is 5.69 Å². The summed E-state index contributed by atoms with van der Waals surface area (Å²) in [5.41, 5.74) is 2.55. The summed E-state index contributed by atoms with van der Waals surface area (Å²) in [6, 6.07) is 11.3. The third-order valence-electron chi connectivity index (χ3n) is 3.78. The fourth-order valence-corrected chi connectivity index (χ4v) is 2.86. The summed E-state index contributed by atoms with van der Waals surface area (Å²) in [6.07, 6.45) is 0.481. The molecule has 5 heteroatoms. The van der Waals surface area contributed by atoms with Crippen LogP contribution in [0.5, 0.6) is 11.5 Å². The molecule has 0 aliphatic carbocycles. The van der Waals surface area contributed by atoms with Gasteiger partial charge in [-0.05, 0) is 30.3 Å². The van der Waals surface area contributed by atoms with Gasteiger partial charge in [0.1, 0.15) is 0 Å². The summed E-state index contributed by atoms with van der Waals surface area (Å²) in [5, 5.41) is 0.692. The molecule has 0 saturated carbocycles. The minimum absolute atomic E-state index is 0.133. The largest absolute Gasteiger partial charge is 0.454 e. The van der Waals surface area contributed by atoms with Crippen LogP contribution in [0.25, 0.3) is 0 Å². The number of halogens is 1. The smallest absolute Gasteiger partial charge is 0.231 e. The van der Waals surface area contributed by atoms with E-state index >= 15 is 0 Å². The number of fused-ring (bicyclic) bond motifs is 2. The van der Waals surface area contributed by atoms with Gasteiger partial charge < -0.3 is 14.4 Å². The summed E-state index contributed by atoms with van der Waals surface area (Å²) >= 11 is 5.94. The highest BCUT2D eigenvalue weighted by atomic mass is 35.5. The SMILES string of the molecule is O=C1CCN(c2ccc(Cl)cc2)c2cc3c(cc21)OCO3. The zero-order chi connectivity index (χ0) is 14.4. The van der Waals surface area contributed by atoms with Gasteiger partial charge in [-0.15, -0.1) is 0 Å². The van der Waals surface area contributed by atoms with Crippen LogP contribution in [0.4, 0.5) is 11.4 Å². The number of hydrogen-bond donors (Lipinski definition) is 0. The van der Waals surface area contributed by atoms with Gasteiger partial charge in [-0.3, -0.25) is 4.79 Å². The summed E-state index contributed by atoms with van der Waals surface area (Å²) < 4.78 is 10.8. The molecule has 106 valence electrons. The van der Waals surface area contributed by atoms with Gasteiger partial charge in [-0.1, -0.05) is 11.6 Å². The molecule has 0 aromatic heterocycles. The van der Waals surface area contributed by atoms with Crippen LogP contribution in [0.3, 0.4) is 0 Å². The molecule has 2 aliphatic heterocycles. The Hall–Kier alpha value is -2.20. The van der Waals surface area contributed by atoms with Crippen molar-refractivity contribution in [2.75, 3.05) is 18.2 Å². The number of ether oxygens (including phenoxy) is 2. The molecular formula is C16H12ClNO3. The van der Waals surface area contributed by atoms with Gasteiger partial charge in [-0.25, -0.2) is 0 Å². The van der Waals surface area contributed by atoms with Crippen LogP contribution in [0, 0.1) is 0 Å². The van der Waals surface area contributed by atoms with Crippen molar-refractivity contribution in [2.24, 2.45) is 0 Å². The second-order valence-corrected chi connectivity index (χ2v) is 5.46.